The molecule has 2 aromatic rings. The molecule has 0 spiro atoms. The van der Waals surface area contributed by atoms with Crippen molar-refractivity contribution in [2.45, 2.75) is 25.2 Å². The van der Waals surface area contributed by atoms with Crippen LogP contribution in [0.2, 0.25) is 0 Å². The minimum atomic E-state index is -0.627. The van der Waals surface area contributed by atoms with Crippen LogP contribution >= 0.6 is 12.4 Å². The molecular formula is C23H26ClN3O3. The second-order valence-electron chi connectivity index (χ2n) is 6.99. The number of hydroxylamine groups is 1. The van der Waals surface area contributed by atoms with E-state index >= 15 is 0 Å². The minimum Gasteiger partial charge on any atom is -0.339 e. The highest BCUT2D eigenvalue weighted by atomic mass is 35.5. The molecule has 1 aliphatic rings. The topological polar surface area (TPSA) is 82.5 Å². The molecular weight excluding hydrogens is 402 g/mol. The third-order valence-electron chi connectivity index (χ3n) is 5.02. The molecule has 2 N–H and O–H groups in total. The molecule has 0 aliphatic carbocycles. The van der Waals surface area contributed by atoms with Gasteiger partial charge in [0.2, 0.25) is 5.91 Å². The first-order valence-electron chi connectivity index (χ1n) is 9.77. The zero-order chi connectivity index (χ0) is 20.5. The highest BCUT2D eigenvalue weighted by Crippen LogP contribution is 2.27. The van der Waals surface area contributed by atoms with Gasteiger partial charge in [0.1, 0.15) is 0 Å². The van der Waals surface area contributed by atoms with Crippen molar-refractivity contribution in [3.05, 3.63) is 77.6 Å². The van der Waals surface area contributed by atoms with Crippen LogP contribution in [0.25, 0.3) is 12.2 Å². The Bertz CT molecular complexity index is 900. The largest absolute Gasteiger partial charge is 0.339 e. The number of rotatable bonds is 5. The fraction of sp³-hybridized carbons (Fsp3) is 0.261. The second kappa shape index (κ2) is 11.9. The van der Waals surface area contributed by atoms with E-state index in [9.17, 15) is 9.59 Å². The van der Waals surface area contributed by atoms with Crippen LogP contribution in [0, 0.1) is 0 Å². The molecule has 1 aromatic carbocycles. The lowest BCUT2D eigenvalue weighted by Gasteiger charge is -2.19. The summed E-state index contributed by atoms with van der Waals surface area (Å²) in [5, 5.41) is 8.51. The number of hydrogen-bond donors (Lipinski definition) is 2. The Labute approximate surface area is 182 Å². The standard InChI is InChI=1S/C23H25N3O3.ClH/c27-22(25-29)13-11-20-9-4-10-21(24-20)12-14-23(28)26-16-5-8-19(15-17-26)18-6-2-1-3-7-18;/h1-4,6-7,9-14,19,29H,5,8,15-17H2,(H,25,27);1H/b13-11+,14-12+;. The van der Waals surface area contributed by atoms with Crippen LogP contribution in [-0.2, 0) is 9.59 Å². The van der Waals surface area contributed by atoms with Gasteiger partial charge in [-0.2, -0.15) is 0 Å². The van der Waals surface area contributed by atoms with Crippen LogP contribution in [0.5, 0.6) is 0 Å². The first kappa shape index (κ1) is 23.3. The van der Waals surface area contributed by atoms with Crippen LogP contribution in [-0.4, -0.2) is 40.0 Å². The van der Waals surface area contributed by atoms with E-state index in [0.29, 0.717) is 17.3 Å². The van der Waals surface area contributed by atoms with Crippen LogP contribution in [0.15, 0.2) is 60.7 Å². The molecule has 2 heterocycles. The first-order chi connectivity index (χ1) is 14.2. The van der Waals surface area contributed by atoms with E-state index < -0.39 is 5.91 Å². The molecule has 158 valence electrons. The molecule has 2 amide bonds. The zero-order valence-electron chi connectivity index (χ0n) is 16.6. The summed E-state index contributed by atoms with van der Waals surface area (Å²) in [5.74, 6) is -0.141. The molecule has 1 aliphatic heterocycles. The van der Waals surface area contributed by atoms with Gasteiger partial charge in [0, 0.05) is 25.2 Å². The number of benzene rings is 1. The molecule has 1 saturated heterocycles. The molecule has 0 radical (unpaired) electrons. The highest BCUT2D eigenvalue weighted by molar-refractivity contribution is 5.92. The molecule has 1 fully saturated rings. The zero-order valence-corrected chi connectivity index (χ0v) is 17.4. The van der Waals surface area contributed by atoms with Gasteiger partial charge >= 0.3 is 0 Å². The Balaban J connectivity index is 0.00000320. The van der Waals surface area contributed by atoms with Crippen LogP contribution in [0.1, 0.15) is 42.1 Å². The SMILES string of the molecule is Cl.O=C(/C=C/c1cccc(/C=C/C(=O)N2CCCC(c3ccccc3)CC2)n1)NO. The third-order valence-corrected chi connectivity index (χ3v) is 5.02. The van der Waals surface area contributed by atoms with Gasteiger partial charge in [-0.05, 0) is 55.0 Å². The Kier molecular flexibility index (Phi) is 9.25. The van der Waals surface area contributed by atoms with Gasteiger partial charge in [-0.3, -0.25) is 14.8 Å². The maximum absolute atomic E-state index is 12.6. The van der Waals surface area contributed by atoms with Gasteiger partial charge in [0.05, 0.1) is 11.4 Å². The maximum atomic E-state index is 12.6. The lowest BCUT2D eigenvalue weighted by atomic mass is 9.92. The molecule has 0 bridgehead atoms. The number of likely N-dealkylation sites (tertiary alicyclic amines) is 1. The quantitative estimate of drug-likeness (QED) is 0.431. The lowest BCUT2D eigenvalue weighted by Crippen LogP contribution is -2.30. The molecule has 1 atom stereocenters. The highest BCUT2D eigenvalue weighted by Gasteiger charge is 2.20. The average molecular weight is 428 g/mol. The summed E-state index contributed by atoms with van der Waals surface area (Å²) >= 11 is 0. The maximum Gasteiger partial charge on any atom is 0.267 e. The van der Waals surface area contributed by atoms with E-state index in [0.717, 1.165) is 32.4 Å². The number of amides is 2. The summed E-state index contributed by atoms with van der Waals surface area (Å²) in [6.45, 7) is 1.51. The predicted octanol–water partition coefficient (Wildman–Crippen LogP) is 3.83. The molecule has 30 heavy (non-hydrogen) atoms. The summed E-state index contributed by atoms with van der Waals surface area (Å²) in [5.41, 5.74) is 4.06. The van der Waals surface area contributed by atoms with E-state index in [4.69, 9.17) is 5.21 Å². The van der Waals surface area contributed by atoms with E-state index in [1.54, 1.807) is 30.4 Å². The molecule has 7 heteroatoms. The van der Waals surface area contributed by atoms with Crippen molar-refractivity contribution in [2.24, 2.45) is 0 Å². The summed E-state index contributed by atoms with van der Waals surface area (Å²) in [6.07, 6.45) is 8.96. The number of nitrogens with one attached hydrogen (secondary N) is 1. The summed E-state index contributed by atoms with van der Waals surface area (Å²) in [4.78, 5) is 29.9. The number of hydrogen-bond acceptors (Lipinski definition) is 4. The van der Waals surface area contributed by atoms with Gasteiger partial charge in [0.25, 0.3) is 5.91 Å². The smallest absolute Gasteiger partial charge is 0.267 e. The number of pyridine rings is 1. The number of halogens is 1. The normalized spacial score (nSPS) is 16.8. The molecule has 0 saturated carbocycles. The van der Waals surface area contributed by atoms with E-state index in [2.05, 4.69) is 29.2 Å². The Morgan fingerprint density at radius 3 is 2.37 bits per heavy atom. The Morgan fingerprint density at radius 1 is 0.967 bits per heavy atom. The molecule has 1 aromatic heterocycles. The number of carbonyl (C=O) groups excluding carboxylic acids is 2. The van der Waals surface area contributed by atoms with E-state index in [1.807, 2.05) is 11.0 Å². The van der Waals surface area contributed by atoms with Crippen molar-refractivity contribution in [1.29, 1.82) is 0 Å². The number of aromatic nitrogens is 1. The number of nitrogens with zero attached hydrogens (tertiary/aromatic N) is 2. The molecule has 1 unspecified atom stereocenters. The molecule has 3 rings (SSSR count). The first-order valence-corrected chi connectivity index (χ1v) is 9.77. The van der Waals surface area contributed by atoms with Crippen molar-refractivity contribution in [3.8, 4) is 0 Å². The molecule has 6 nitrogen and oxygen atoms in total. The Morgan fingerprint density at radius 2 is 1.67 bits per heavy atom. The third kappa shape index (κ3) is 6.83. The van der Waals surface area contributed by atoms with Crippen molar-refractivity contribution in [2.75, 3.05) is 13.1 Å². The monoisotopic (exact) mass is 427 g/mol. The average Bonchev–Trinajstić information content (AvgIpc) is 3.03. The fourth-order valence-corrected chi connectivity index (χ4v) is 3.49. The van der Waals surface area contributed by atoms with Crippen LogP contribution in [0.3, 0.4) is 0 Å². The van der Waals surface area contributed by atoms with Gasteiger partial charge in [-0.25, -0.2) is 10.5 Å². The van der Waals surface area contributed by atoms with E-state index in [-0.39, 0.29) is 18.3 Å². The van der Waals surface area contributed by atoms with Crippen molar-refractivity contribution < 1.29 is 14.8 Å². The predicted molar refractivity (Wildman–Crippen MR) is 119 cm³/mol. The van der Waals surface area contributed by atoms with Crippen molar-refractivity contribution in [3.63, 3.8) is 0 Å². The van der Waals surface area contributed by atoms with Gasteiger partial charge < -0.3 is 4.90 Å². The van der Waals surface area contributed by atoms with Crippen molar-refractivity contribution in [1.82, 2.24) is 15.4 Å². The van der Waals surface area contributed by atoms with Gasteiger partial charge in [-0.15, -0.1) is 12.4 Å². The van der Waals surface area contributed by atoms with Gasteiger partial charge in [-0.1, -0.05) is 36.4 Å². The van der Waals surface area contributed by atoms with Gasteiger partial charge in [0.15, 0.2) is 0 Å². The summed E-state index contributed by atoms with van der Waals surface area (Å²) in [7, 11) is 0. The second-order valence-corrected chi connectivity index (χ2v) is 6.99. The van der Waals surface area contributed by atoms with Crippen LogP contribution < -0.4 is 5.48 Å². The minimum absolute atomic E-state index is 0. The lowest BCUT2D eigenvalue weighted by molar-refractivity contribution is -0.126. The summed E-state index contributed by atoms with van der Waals surface area (Å²) in [6, 6.07) is 15.8. The van der Waals surface area contributed by atoms with E-state index in [1.165, 1.54) is 23.2 Å². The fourth-order valence-electron chi connectivity index (χ4n) is 3.49. The number of carbonyl (C=O) groups is 2. The Hall–Kier alpha value is -2.96. The summed E-state index contributed by atoms with van der Waals surface area (Å²) < 4.78 is 0. The van der Waals surface area contributed by atoms with Crippen LogP contribution in [0.4, 0.5) is 0 Å². The van der Waals surface area contributed by atoms with Crippen molar-refractivity contribution >= 4 is 36.4 Å².